The smallest absolute Gasteiger partial charge is 0.407 e. The van der Waals surface area contributed by atoms with Crippen LogP contribution in [-0.2, 0) is 9.47 Å². The Morgan fingerprint density at radius 2 is 2.14 bits per heavy atom. The van der Waals surface area contributed by atoms with E-state index in [2.05, 4.69) is 20.2 Å². The molecular weight excluding hydrogens is 382 g/mol. The Morgan fingerprint density at radius 1 is 1.46 bits per heavy atom. The molecule has 0 aliphatic carbocycles. The number of hydrogen-bond donors (Lipinski definition) is 1. The van der Waals surface area contributed by atoms with Gasteiger partial charge in [-0.3, -0.25) is 0 Å². The molecule has 152 valence electrons. The predicted octanol–water partition coefficient (Wildman–Crippen LogP) is 2.90. The first-order valence-electron chi connectivity index (χ1n) is 9.42. The van der Waals surface area contributed by atoms with Gasteiger partial charge in [0.15, 0.2) is 10.8 Å². The molecule has 8 nitrogen and oxygen atoms in total. The summed E-state index contributed by atoms with van der Waals surface area (Å²) in [5, 5.41) is 12.1. The van der Waals surface area contributed by atoms with Crippen LogP contribution in [0.2, 0.25) is 5.15 Å². The van der Waals surface area contributed by atoms with Crippen molar-refractivity contribution in [3.05, 3.63) is 17.0 Å². The van der Waals surface area contributed by atoms with Gasteiger partial charge in [0.05, 0.1) is 24.9 Å². The molecule has 1 aromatic rings. The molecule has 1 N–H and O–H groups in total. The Morgan fingerprint density at radius 3 is 2.71 bits per heavy atom. The normalized spacial score (nSPS) is 24.1. The van der Waals surface area contributed by atoms with Crippen molar-refractivity contribution in [1.29, 1.82) is 5.26 Å². The number of rotatable bonds is 2. The van der Waals surface area contributed by atoms with Gasteiger partial charge in [0.2, 0.25) is 0 Å². The fraction of sp³-hybridized carbons (Fsp3) is 0.684. The molecule has 2 aliphatic heterocycles. The lowest BCUT2D eigenvalue weighted by Crippen LogP contribution is -2.55. The number of aromatic nitrogens is 2. The minimum absolute atomic E-state index is 0.0804. The van der Waals surface area contributed by atoms with E-state index in [-0.39, 0.29) is 28.4 Å². The van der Waals surface area contributed by atoms with E-state index in [4.69, 9.17) is 26.3 Å². The van der Waals surface area contributed by atoms with Gasteiger partial charge < -0.3 is 19.7 Å². The Labute approximate surface area is 170 Å². The summed E-state index contributed by atoms with van der Waals surface area (Å²) in [6, 6.07) is 1.81. The maximum Gasteiger partial charge on any atom is 0.407 e. The van der Waals surface area contributed by atoms with E-state index in [1.54, 1.807) is 6.20 Å². The fourth-order valence-electron chi connectivity index (χ4n) is 3.91. The first-order chi connectivity index (χ1) is 13.1. The number of alkyl carbamates (subject to hydrolysis) is 1. The van der Waals surface area contributed by atoms with Crippen molar-refractivity contribution < 1.29 is 14.3 Å². The molecule has 3 heterocycles. The third kappa shape index (κ3) is 4.31. The third-order valence-electron chi connectivity index (χ3n) is 5.34. The molecule has 0 saturated carbocycles. The summed E-state index contributed by atoms with van der Waals surface area (Å²) in [5.41, 5.74) is -0.563. The summed E-state index contributed by atoms with van der Waals surface area (Å²) in [5.74, 6) is 0.655. The average Bonchev–Trinajstić information content (AvgIpc) is 2.90. The molecule has 2 aliphatic rings. The van der Waals surface area contributed by atoms with Crippen molar-refractivity contribution in [3.63, 3.8) is 0 Å². The highest BCUT2D eigenvalue weighted by Crippen LogP contribution is 2.43. The van der Waals surface area contributed by atoms with E-state index in [0.29, 0.717) is 12.4 Å². The zero-order valence-electron chi connectivity index (χ0n) is 16.7. The number of halogens is 1. The van der Waals surface area contributed by atoms with Gasteiger partial charge >= 0.3 is 6.09 Å². The number of piperidine rings is 1. The van der Waals surface area contributed by atoms with Crippen molar-refractivity contribution in [2.45, 2.75) is 58.3 Å². The van der Waals surface area contributed by atoms with Gasteiger partial charge in [-0.2, -0.15) is 5.26 Å². The number of carbonyl (C=O) groups is 1. The highest BCUT2D eigenvalue weighted by atomic mass is 35.5. The molecule has 9 heteroatoms. The predicted molar refractivity (Wildman–Crippen MR) is 104 cm³/mol. The highest BCUT2D eigenvalue weighted by Gasteiger charge is 2.50. The molecule has 0 aromatic carbocycles. The minimum atomic E-state index is -0.545. The molecule has 0 unspecified atom stereocenters. The lowest BCUT2D eigenvalue weighted by molar-refractivity contribution is 0.0434. The molecule has 0 radical (unpaired) electrons. The van der Waals surface area contributed by atoms with Gasteiger partial charge in [-0.15, -0.1) is 0 Å². The van der Waals surface area contributed by atoms with Crippen molar-refractivity contribution in [2.24, 2.45) is 5.41 Å². The van der Waals surface area contributed by atoms with Crippen LogP contribution in [0.4, 0.5) is 10.6 Å². The number of nitrogens with zero attached hydrogens (tertiary/aromatic N) is 4. The highest BCUT2D eigenvalue weighted by molar-refractivity contribution is 6.30. The van der Waals surface area contributed by atoms with Gasteiger partial charge in [0.1, 0.15) is 17.5 Å². The van der Waals surface area contributed by atoms with Crippen LogP contribution >= 0.6 is 11.6 Å². The molecule has 1 aromatic heterocycles. The molecule has 2 atom stereocenters. The van der Waals surface area contributed by atoms with Crippen LogP contribution in [0.1, 0.15) is 46.2 Å². The van der Waals surface area contributed by atoms with E-state index in [1.807, 2.05) is 33.8 Å². The number of carbonyl (C=O) groups excluding carboxylic acids is 1. The first-order valence-corrected chi connectivity index (χ1v) is 9.80. The fourth-order valence-corrected chi connectivity index (χ4v) is 4.09. The van der Waals surface area contributed by atoms with Crippen molar-refractivity contribution in [3.8, 4) is 6.07 Å². The number of hydrogen-bond acceptors (Lipinski definition) is 7. The zero-order chi connectivity index (χ0) is 20.5. The summed E-state index contributed by atoms with van der Waals surface area (Å²) < 4.78 is 11.3. The lowest BCUT2D eigenvalue weighted by atomic mass is 9.73. The van der Waals surface area contributed by atoms with Gasteiger partial charge in [-0.05, 0) is 40.5 Å². The van der Waals surface area contributed by atoms with E-state index >= 15 is 0 Å². The molecular formula is C19H26ClN5O3. The minimum Gasteiger partial charge on any atom is -0.444 e. The van der Waals surface area contributed by atoms with Crippen LogP contribution in [0.5, 0.6) is 0 Å². The van der Waals surface area contributed by atoms with Crippen molar-refractivity contribution in [2.75, 3.05) is 24.6 Å². The van der Waals surface area contributed by atoms with Crippen molar-refractivity contribution >= 4 is 23.5 Å². The summed E-state index contributed by atoms with van der Waals surface area (Å²) in [4.78, 5) is 22.8. The third-order valence-corrected chi connectivity index (χ3v) is 5.60. The summed E-state index contributed by atoms with van der Waals surface area (Å²) in [7, 11) is 0. The van der Waals surface area contributed by atoms with Crippen molar-refractivity contribution in [1.82, 2.24) is 15.3 Å². The Hall–Kier alpha value is -2.11. The number of nitriles is 1. The molecule has 2 fully saturated rings. The molecule has 28 heavy (non-hydrogen) atoms. The number of anilines is 1. The quantitative estimate of drug-likeness (QED) is 0.804. The SMILES string of the molecule is C[C@@H]1OCC2(CCN(c3cnc(C#N)c(Cl)n3)CC2)[C@@H]1NC(=O)OC(C)(C)C. The van der Waals surface area contributed by atoms with E-state index in [1.165, 1.54) is 0 Å². The van der Waals surface area contributed by atoms with Crippen LogP contribution in [-0.4, -0.2) is 53.5 Å². The Balaban J connectivity index is 1.68. The van der Waals surface area contributed by atoms with Gasteiger partial charge in [-0.1, -0.05) is 11.6 Å². The summed E-state index contributed by atoms with van der Waals surface area (Å²) >= 11 is 6.02. The van der Waals surface area contributed by atoms with E-state index in [0.717, 1.165) is 25.9 Å². The molecule has 1 spiro atoms. The van der Waals surface area contributed by atoms with E-state index < -0.39 is 11.7 Å². The molecule has 0 bridgehead atoms. The topological polar surface area (TPSA) is 100 Å². The van der Waals surface area contributed by atoms with Gasteiger partial charge in [0, 0.05) is 18.5 Å². The second kappa shape index (κ2) is 7.72. The first kappa shape index (κ1) is 20.6. The molecule has 1 amide bonds. The van der Waals surface area contributed by atoms with Crippen LogP contribution < -0.4 is 10.2 Å². The van der Waals surface area contributed by atoms with Crippen LogP contribution in [0, 0.1) is 16.7 Å². The maximum absolute atomic E-state index is 12.3. The largest absolute Gasteiger partial charge is 0.444 e. The van der Waals surface area contributed by atoms with Gasteiger partial charge in [0.25, 0.3) is 0 Å². The lowest BCUT2D eigenvalue weighted by Gasteiger charge is -2.42. The van der Waals surface area contributed by atoms with Crippen LogP contribution in [0.15, 0.2) is 6.20 Å². The maximum atomic E-state index is 12.3. The van der Waals surface area contributed by atoms with Crippen LogP contribution in [0.3, 0.4) is 0 Å². The number of nitrogens with one attached hydrogen (secondary N) is 1. The standard InChI is InChI=1S/C19H26ClN5O3/c1-12-15(24-17(26)28-18(2,3)4)19(11-27-12)5-7-25(8-6-19)14-10-22-13(9-21)16(20)23-14/h10,12,15H,5-8,11H2,1-4H3,(H,24,26)/t12-,15+/m0/s1. The van der Waals surface area contributed by atoms with E-state index in [9.17, 15) is 4.79 Å². The molecule has 3 rings (SSSR count). The summed E-state index contributed by atoms with van der Waals surface area (Å²) in [6.45, 7) is 9.59. The van der Waals surface area contributed by atoms with Crippen LogP contribution in [0.25, 0.3) is 0 Å². The Bertz CT molecular complexity index is 781. The number of amides is 1. The second-order valence-electron chi connectivity index (χ2n) is 8.47. The Kier molecular flexibility index (Phi) is 5.69. The van der Waals surface area contributed by atoms with Gasteiger partial charge in [-0.25, -0.2) is 14.8 Å². The second-order valence-corrected chi connectivity index (χ2v) is 8.83. The zero-order valence-corrected chi connectivity index (χ0v) is 17.4. The monoisotopic (exact) mass is 407 g/mol. The number of ether oxygens (including phenoxy) is 2. The summed E-state index contributed by atoms with van der Waals surface area (Å²) in [6.07, 6.45) is 2.74. The molecule has 2 saturated heterocycles. The average molecular weight is 408 g/mol.